The maximum atomic E-state index is 9.99. The van der Waals surface area contributed by atoms with Crippen molar-refractivity contribution in [3.63, 3.8) is 0 Å². The van der Waals surface area contributed by atoms with Crippen LogP contribution < -0.4 is 10.1 Å². The average molecular weight is 222 g/mol. The second-order valence-electron chi connectivity index (χ2n) is 4.46. The van der Waals surface area contributed by atoms with Crippen molar-refractivity contribution in [1.82, 2.24) is 4.98 Å². The Labute approximate surface area is 95.7 Å². The van der Waals surface area contributed by atoms with Gasteiger partial charge in [-0.15, -0.1) is 0 Å². The van der Waals surface area contributed by atoms with Gasteiger partial charge in [0.05, 0.1) is 24.6 Å². The second-order valence-corrected chi connectivity index (χ2v) is 4.46. The molecule has 0 saturated heterocycles. The minimum atomic E-state index is -0.526. The number of nitrogens with zero attached hydrogens (tertiary/aromatic N) is 1. The lowest BCUT2D eigenvalue weighted by molar-refractivity contribution is -0.0202. The van der Waals surface area contributed by atoms with Gasteiger partial charge in [-0.1, -0.05) is 0 Å². The molecular weight excluding hydrogens is 204 g/mol. The molecule has 0 amide bonds. The first-order valence-corrected chi connectivity index (χ1v) is 5.60. The Balaban J connectivity index is 2.04. The number of methoxy groups -OCH3 is 1. The monoisotopic (exact) mass is 222 g/mol. The summed E-state index contributed by atoms with van der Waals surface area (Å²) in [6.45, 7) is 2.51. The molecule has 1 aliphatic rings. The van der Waals surface area contributed by atoms with Gasteiger partial charge in [0.25, 0.3) is 0 Å². The Morgan fingerprint density at radius 2 is 2.31 bits per heavy atom. The van der Waals surface area contributed by atoms with E-state index in [1.807, 2.05) is 13.0 Å². The zero-order valence-electron chi connectivity index (χ0n) is 9.79. The maximum Gasteiger partial charge on any atom is 0.160 e. The first-order chi connectivity index (χ1) is 7.63. The molecule has 1 heterocycles. The van der Waals surface area contributed by atoms with Crippen molar-refractivity contribution in [2.45, 2.75) is 31.8 Å². The van der Waals surface area contributed by atoms with Crippen molar-refractivity contribution in [3.8, 4) is 5.75 Å². The second kappa shape index (κ2) is 4.29. The van der Waals surface area contributed by atoms with Gasteiger partial charge in [-0.05, 0) is 32.3 Å². The highest BCUT2D eigenvalue weighted by molar-refractivity contribution is 5.56. The molecule has 4 nitrogen and oxygen atoms in total. The Bertz CT molecular complexity index is 375. The highest BCUT2D eigenvalue weighted by Crippen LogP contribution is 2.32. The molecule has 0 bridgehead atoms. The van der Waals surface area contributed by atoms with Crippen molar-refractivity contribution in [2.24, 2.45) is 0 Å². The van der Waals surface area contributed by atoms with Crippen molar-refractivity contribution < 1.29 is 9.84 Å². The summed E-state index contributed by atoms with van der Waals surface area (Å²) in [5.74, 6) is 0.716. The van der Waals surface area contributed by atoms with Gasteiger partial charge in [-0.2, -0.15) is 0 Å². The number of nitrogens with one attached hydrogen (secondary N) is 1. The summed E-state index contributed by atoms with van der Waals surface area (Å²) in [5, 5.41) is 13.2. The third kappa shape index (κ3) is 2.27. The van der Waals surface area contributed by atoms with Crippen LogP contribution in [0, 0.1) is 6.92 Å². The number of rotatable bonds is 4. The van der Waals surface area contributed by atoms with Crippen LogP contribution in [0.3, 0.4) is 0 Å². The molecule has 0 aliphatic heterocycles. The molecule has 0 unspecified atom stereocenters. The van der Waals surface area contributed by atoms with Crippen LogP contribution in [0.1, 0.15) is 25.0 Å². The minimum Gasteiger partial charge on any atom is -0.493 e. The van der Waals surface area contributed by atoms with Crippen LogP contribution in [0.15, 0.2) is 12.3 Å². The van der Waals surface area contributed by atoms with E-state index in [9.17, 15) is 5.11 Å². The molecule has 0 aromatic carbocycles. The summed E-state index contributed by atoms with van der Waals surface area (Å²) in [4.78, 5) is 4.16. The average Bonchev–Trinajstić information content (AvgIpc) is 2.24. The third-order valence-electron chi connectivity index (χ3n) is 3.12. The van der Waals surface area contributed by atoms with Crippen molar-refractivity contribution in [1.29, 1.82) is 0 Å². The highest BCUT2D eigenvalue weighted by atomic mass is 16.5. The van der Waals surface area contributed by atoms with Gasteiger partial charge in [0, 0.05) is 12.2 Å². The summed E-state index contributed by atoms with van der Waals surface area (Å²) >= 11 is 0. The van der Waals surface area contributed by atoms with Crippen molar-refractivity contribution in [3.05, 3.63) is 18.0 Å². The molecule has 1 fully saturated rings. The first kappa shape index (κ1) is 11.2. The van der Waals surface area contributed by atoms with Crippen LogP contribution in [-0.2, 0) is 0 Å². The predicted octanol–water partition coefficient (Wildman–Crippen LogP) is 1.73. The van der Waals surface area contributed by atoms with Gasteiger partial charge >= 0.3 is 0 Å². The van der Waals surface area contributed by atoms with E-state index < -0.39 is 5.60 Å². The molecule has 1 aromatic heterocycles. The fourth-order valence-corrected chi connectivity index (χ4v) is 1.87. The Hall–Kier alpha value is -1.29. The summed E-state index contributed by atoms with van der Waals surface area (Å²) in [6.07, 6.45) is 4.58. The molecule has 1 saturated carbocycles. The fourth-order valence-electron chi connectivity index (χ4n) is 1.87. The van der Waals surface area contributed by atoms with Crippen molar-refractivity contribution in [2.75, 3.05) is 19.0 Å². The molecule has 4 heteroatoms. The van der Waals surface area contributed by atoms with Crippen LogP contribution in [0.25, 0.3) is 0 Å². The van der Waals surface area contributed by atoms with Gasteiger partial charge in [0.15, 0.2) is 5.75 Å². The molecule has 16 heavy (non-hydrogen) atoms. The number of aryl methyl sites for hydroxylation is 1. The fraction of sp³-hybridized carbons (Fsp3) is 0.583. The van der Waals surface area contributed by atoms with E-state index in [0.717, 1.165) is 30.6 Å². The summed E-state index contributed by atoms with van der Waals surface area (Å²) in [6, 6.07) is 1.93. The summed E-state index contributed by atoms with van der Waals surface area (Å²) < 4.78 is 5.21. The number of pyridine rings is 1. The molecule has 1 aromatic rings. The van der Waals surface area contributed by atoms with Crippen LogP contribution in [0.4, 0.5) is 5.69 Å². The van der Waals surface area contributed by atoms with Crippen LogP contribution >= 0.6 is 0 Å². The number of anilines is 1. The van der Waals surface area contributed by atoms with Gasteiger partial charge in [0.2, 0.25) is 0 Å². The lowest BCUT2D eigenvalue weighted by atomic mass is 9.80. The van der Waals surface area contributed by atoms with Gasteiger partial charge < -0.3 is 15.2 Å². The smallest absolute Gasteiger partial charge is 0.160 e. The van der Waals surface area contributed by atoms with Crippen LogP contribution in [0.2, 0.25) is 0 Å². The lowest BCUT2D eigenvalue weighted by Crippen LogP contribution is -2.43. The van der Waals surface area contributed by atoms with E-state index in [-0.39, 0.29) is 0 Å². The zero-order valence-corrected chi connectivity index (χ0v) is 9.79. The predicted molar refractivity (Wildman–Crippen MR) is 62.8 cm³/mol. The molecule has 2 N–H and O–H groups in total. The maximum absolute atomic E-state index is 9.99. The molecule has 0 spiro atoms. The SMILES string of the molecule is COc1cnc(C)cc1NCC1(O)CCC1. The Morgan fingerprint density at radius 1 is 1.56 bits per heavy atom. The topological polar surface area (TPSA) is 54.4 Å². The number of aliphatic hydroxyl groups is 1. The standard InChI is InChI=1S/C12H18N2O2/c1-9-6-10(11(16-2)7-13-9)14-8-12(15)4-3-5-12/h6-7,15H,3-5,8H2,1-2H3,(H,13,14). The third-order valence-corrected chi connectivity index (χ3v) is 3.12. The molecule has 2 rings (SSSR count). The summed E-state index contributed by atoms with van der Waals surface area (Å²) in [7, 11) is 1.62. The van der Waals surface area contributed by atoms with E-state index in [4.69, 9.17) is 4.74 Å². The Kier molecular flexibility index (Phi) is 3.01. The van der Waals surface area contributed by atoms with E-state index in [1.165, 1.54) is 0 Å². The van der Waals surface area contributed by atoms with E-state index in [2.05, 4.69) is 10.3 Å². The van der Waals surface area contributed by atoms with E-state index in [1.54, 1.807) is 13.3 Å². The number of hydrogen-bond acceptors (Lipinski definition) is 4. The lowest BCUT2D eigenvalue weighted by Gasteiger charge is -2.37. The molecular formula is C12H18N2O2. The Morgan fingerprint density at radius 3 is 2.88 bits per heavy atom. The summed E-state index contributed by atoms with van der Waals surface area (Å²) in [5.41, 5.74) is 1.31. The van der Waals surface area contributed by atoms with Crippen molar-refractivity contribution >= 4 is 5.69 Å². The van der Waals surface area contributed by atoms with Gasteiger partial charge in [-0.25, -0.2) is 0 Å². The zero-order chi connectivity index (χ0) is 11.6. The highest BCUT2D eigenvalue weighted by Gasteiger charge is 2.34. The van der Waals surface area contributed by atoms with Gasteiger partial charge in [0.1, 0.15) is 0 Å². The van der Waals surface area contributed by atoms with Gasteiger partial charge in [-0.3, -0.25) is 4.98 Å². The molecule has 1 aliphatic carbocycles. The van der Waals surface area contributed by atoms with Crippen LogP contribution in [0.5, 0.6) is 5.75 Å². The molecule has 0 radical (unpaired) electrons. The molecule has 0 atom stereocenters. The quantitative estimate of drug-likeness (QED) is 0.814. The number of hydrogen-bond donors (Lipinski definition) is 2. The first-order valence-electron chi connectivity index (χ1n) is 5.60. The minimum absolute atomic E-state index is 0.526. The number of aromatic nitrogens is 1. The van der Waals surface area contributed by atoms with E-state index >= 15 is 0 Å². The molecule has 88 valence electrons. The number of ether oxygens (including phenoxy) is 1. The van der Waals surface area contributed by atoms with Crippen LogP contribution in [-0.4, -0.2) is 29.3 Å². The normalized spacial score (nSPS) is 17.7. The largest absolute Gasteiger partial charge is 0.493 e. The van der Waals surface area contributed by atoms with E-state index in [0.29, 0.717) is 12.3 Å².